The zero-order valence-electron chi connectivity index (χ0n) is 12.9. The van der Waals surface area contributed by atoms with Crippen LogP contribution in [0.3, 0.4) is 0 Å². The molecule has 2 aliphatic heterocycles. The summed E-state index contributed by atoms with van der Waals surface area (Å²) in [5, 5.41) is 14.6. The van der Waals surface area contributed by atoms with E-state index in [1.165, 1.54) is 18.9 Å². The highest BCUT2D eigenvalue weighted by molar-refractivity contribution is 5.95. The fraction of sp³-hybridized carbons (Fsp3) is 0.562. The average Bonchev–Trinajstić information content (AvgIpc) is 2.84. The van der Waals surface area contributed by atoms with Gasteiger partial charge in [0.15, 0.2) is 0 Å². The van der Waals surface area contributed by atoms with Crippen molar-refractivity contribution >= 4 is 11.6 Å². The molecule has 118 valence electrons. The summed E-state index contributed by atoms with van der Waals surface area (Å²) >= 11 is 0. The van der Waals surface area contributed by atoms with Gasteiger partial charge in [0.05, 0.1) is 4.92 Å². The van der Waals surface area contributed by atoms with Crippen molar-refractivity contribution in [1.29, 1.82) is 0 Å². The van der Waals surface area contributed by atoms with Gasteiger partial charge < -0.3 is 10.2 Å². The smallest absolute Gasteiger partial charge is 0.273 e. The summed E-state index contributed by atoms with van der Waals surface area (Å²) in [4.78, 5) is 25.0. The van der Waals surface area contributed by atoms with E-state index in [2.05, 4.69) is 5.32 Å². The lowest BCUT2D eigenvalue weighted by Gasteiger charge is -2.35. The predicted octanol–water partition coefficient (Wildman–Crippen LogP) is 2.26. The lowest BCUT2D eigenvalue weighted by molar-refractivity contribution is -0.385. The summed E-state index contributed by atoms with van der Waals surface area (Å²) in [7, 11) is 1.81. The van der Waals surface area contributed by atoms with Crippen molar-refractivity contribution in [3.05, 3.63) is 39.4 Å². The summed E-state index contributed by atoms with van der Waals surface area (Å²) < 4.78 is 0. The van der Waals surface area contributed by atoms with Crippen LogP contribution in [0.15, 0.2) is 18.2 Å². The molecule has 22 heavy (non-hydrogen) atoms. The molecule has 2 heterocycles. The molecule has 1 aromatic rings. The van der Waals surface area contributed by atoms with Gasteiger partial charge in [-0.15, -0.1) is 0 Å². The molecule has 2 fully saturated rings. The average molecular weight is 303 g/mol. The standard InChI is InChI=1S/C16H21N3O3/c1-10-3-4-11(7-15(10)19(21)22)16(20)18(2)14-8-12-5-6-13(9-14)17-12/h3-4,7,12-14,17H,5-6,8-9H2,1-2H3. The van der Waals surface area contributed by atoms with E-state index in [-0.39, 0.29) is 17.6 Å². The summed E-state index contributed by atoms with van der Waals surface area (Å²) in [6.45, 7) is 1.68. The zero-order valence-corrected chi connectivity index (χ0v) is 12.9. The number of nitrogens with zero attached hydrogens (tertiary/aromatic N) is 2. The van der Waals surface area contributed by atoms with E-state index in [1.54, 1.807) is 24.0 Å². The highest BCUT2D eigenvalue weighted by atomic mass is 16.6. The van der Waals surface area contributed by atoms with Crippen LogP contribution in [0.2, 0.25) is 0 Å². The summed E-state index contributed by atoms with van der Waals surface area (Å²) in [5.41, 5.74) is 0.972. The second-order valence-corrected chi connectivity index (χ2v) is 6.44. The number of rotatable bonds is 3. The number of piperidine rings is 1. The normalized spacial score (nSPS) is 26.7. The Morgan fingerprint density at radius 1 is 1.32 bits per heavy atom. The van der Waals surface area contributed by atoms with E-state index in [9.17, 15) is 14.9 Å². The molecule has 6 nitrogen and oxygen atoms in total. The topological polar surface area (TPSA) is 75.5 Å². The number of hydrogen-bond acceptors (Lipinski definition) is 4. The Morgan fingerprint density at radius 3 is 2.55 bits per heavy atom. The molecule has 2 aliphatic rings. The Labute approximate surface area is 129 Å². The molecule has 0 saturated carbocycles. The number of amides is 1. The van der Waals surface area contributed by atoms with Crippen molar-refractivity contribution in [2.75, 3.05) is 7.05 Å². The number of fused-ring (bicyclic) bond motifs is 2. The van der Waals surface area contributed by atoms with Crippen LogP contribution in [0.25, 0.3) is 0 Å². The van der Waals surface area contributed by atoms with Crippen LogP contribution in [-0.2, 0) is 0 Å². The molecule has 0 spiro atoms. The molecule has 1 amide bonds. The van der Waals surface area contributed by atoms with E-state index >= 15 is 0 Å². The summed E-state index contributed by atoms with van der Waals surface area (Å²) in [6, 6.07) is 5.94. The molecule has 2 saturated heterocycles. The van der Waals surface area contributed by atoms with Crippen molar-refractivity contribution in [2.45, 2.75) is 50.7 Å². The minimum Gasteiger partial charge on any atom is -0.339 e. The second kappa shape index (κ2) is 5.68. The summed E-state index contributed by atoms with van der Waals surface area (Å²) in [6.07, 6.45) is 4.29. The van der Waals surface area contributed by atoms with E-state index < -0.39 is 4.92 Å². The van der Waals surface area contributed by atoms with Gasteiger partial charge in [0.2, 0.25) is 0 Å². The molecular weight excluding hydrogens is 282 g/mol. The van der Waals surface area contributed by atoms with Gasteiger partial charge in [0.25, 0.3) is 11.6 Å². The zero-order chi connectivity index (χ0) is 15.9. The molecule has 2 bridgehead atoms. The minimum atomic E-state index is -0.434. The lowest BCUT2D eigenvalue weighted by Crippen LogP contribution is -2.48. The van der Waals surface area contributed by atoms with Gasteiger partial charge in [-0.1, -0.05) is 6.07 Å². The van der Waals surface area contributed by atoms with Crippen molar-refractivity contribution in [2.24, 2.45) is 0 Å². The number of carbonyl (C=O) groups excluding carboxylic acids is 1. The van der Waals surface area contributed by atoms with Crippen LogP contribution in [-0.4, -0.2) is 40.9 Å². The van der Waals surface area contributed by atoms with Crippen molar-refractivity contribution in [1.82, 2.24) is 10.2 Å². The molecule has 3 rings (SSSR count). The molecule has 0 radical (unpaired) electrons. The van der Waals surface area contributed by atoms with Gasteiger partial charge in [-0.2, -0.15) is 0 Å². The van der Waals surface area contributed by atoms with Gasteiger partial charge in [0, 0.05) is 42.4 Å². The highest BCUT2D eigenvalue weighted by Gasteiger charge is 2.36. The molecule has 2 atom stereocenters. The molecular formula is C16H21N3O3. The number of nitrogens with one attached hydrogen (secondary N) is 1. The van der Waals surface area contributed by atoms with Crippen molar-refractivity contribution in [3.63, 3.8) is 0 Å². The molecule has 1 aromatic carbocycles. The Kier molecular flexibility index (Phi) is 3.87. The first kappa shape index (κ1) is 15.0. The number of benzene rings is 1. The molecule has 0 aliphatic carbocycles. The third-order valence-electron chi connectivity index (χ3n) is 4.97. The van der Waals surface area contributed by atoms with Gasteiger partial charge in [-0.05, 0) is 38.7 Å². The van der Waals surface area contributed by atoms with Crippen molar-refractivity contribution in [3.8, 4) is 0 Å². The Hall–Kier alpha value is -1.95. The maximum atomic E-state index is 12.6. The molecule has 2 unspecified atom stereocenters. The van der Waals surface area contributed by atoms with E-state index in [0.29, 0.717) is 23.2 Å². The fourth-order valence-electron chi connectivity index (χ4n) is 3.65. The number of nitro benzene ring substituents is 1. The van der Waals surface area contributed by atoms with Gasteiger partial charge in [0.1, 0.15) is 0 Å². The van der Waals surface area contributed by atoms with Gasteiger partial charge >= 0.3 is 0 Å². The van der Waals surface area contributed by atoms with Crippen LogP contribution in [0.4, 0.5) is 5.69 Å². The molecule has 6 heteroatoms. The number of hydrogen-bond donors (Lipinski definition) is 1. The molecule has 0 aromatic heterocycles. The Bertz CT molecular complexity index is 605. The highest BCUT2D eigenvalue weighted by Crippen LogP contribution is 2.30. The van der Waals surface area contributed by atoms with Crippen LogP contribution >= 0.6 is 0 Å². The van der Waals surface area contributed by atoms with Crippen LogP contribution in [0, 0.1) is 17.0 Å². The Balaban J connectivity index is 1.78. The predicted molar refractivity (Wildman–Crippen MR) is 82.9 cm³/mol. The van der Waals surface area contributed by atoms with E-state index in [0.717, 1.165) is 12.8 Å². The van der Waals surface area contributed by atoms with E-state index in [4.69, 9.17) is 0 Å². The minimum absolute atomic E-state index is 0.00429. The van der Waals surface area contributed by atoms with Gasteiger partial charge in [-0.3, -0.25) is 14.9 Å². The van der Waals surface area contributed by atoms with Gasteiger partial charge in [-0.25, -0.2) is 0 Å². The van der Waals surface area contributed by atoms with Crippen molar-refractivity contribution < 1.29 is 9.72 Å². The number of carbonyl (C=O) groups is 1. The number of nitro groups is 1. The van der Waals surface area contributed by atoms with Crippen LogP contribution < -0.4 is 5.32 Å². The monoisotopic (exact) mass is 303 g/mol. The van der Waals surface area contributed by atoms with Crippen LogP contribution in [0.5, 0.6) is 0 Å². The Morgan fingerprint density at radius 2 is 1.95 bits per heavy atom. The quantitative estimate of drug-likeness (QED) is 0.686. The fourth-order valence-corrected chi connectivity index (χ4v) is 3.65. The molecule has 1 N–H and O–H groups in total. The van der Waals surface area contributed by atoms with Crippen LogP contribution in [0.1, 0.15) is 41.6 Å². The maximum Gasteiger partial charge on any atom is 0.273 e. The first-order chi connectivity index (χ1) is 10.5. The first-order valence-corrected chi connectivity index (χ1v) is 7.74. The number of aryl methyl sites for hydroxylation is 1. The van der Waals surface area contributed by atoms with E-state index in [1.807, 2.05) is 7.05 Å². The summed E-state index contributed by atoms with van der Waals surface area (Å²) in [5.74, 6) is -0.130. The third-order valence-corrected chi connectivity index (χ3v) is 4.97. The lowest BCUT2D eigenvalue weighted by atomic mass is 9.97. The largest absolute Gasteiger partial charge is 0.339 e. The first-order valence-electron chi connectivity index (χ1n) is 7.74. The maximum absolute atomic E-state index is 12.6. The SMILES string of the molecule is Cc1ccc(C(=O)N(C)C2CC3CCC(C2)N3)cc1[N+](=O)[O-]. The second-order valence-electron chi connectivity index (χ2n) is 6.44. The third kappa shape index (κ3) is 2.70.